The minimum atomic E-state index is -4.21. The Morgan fingerprint density at radius 2 is 1.40 bits per heavy atom. The number of aryl methyl sites for hydroxylation is 1. The molecule has 43 heavy (non-hydrogen) atoms. The summed E-state index contributed by atoms with van der Waals surface area (Å²) >= 11 is 6.51. The molecule has 0 spiro atoms. The van der Waals surface area contributed by atoms with Crippen LogP contribution in [0.3, 0.4) is 0 Å². The van der Waals surface area contributed by atoms with Crippen molar-refractivity contribution in [3.8, 4) is 0 Å². The summed E-state index contributed by atoms with van der Waals surface area (Å²) in [6.07, 6.45) is 0.245. The zero-order chi connectivity index (χ0) is 31.0. The van der Waals surface area contributed by atoms with Gasteiger partial charge in [0.15, 0.2) is 0 Å². The van der Waals surface area contributed by atoms with E-state index in [1.54, 1.807) is 42.5 Å². The fourth-order valence-corrected chi connectivity index (χ4v) is 6.53. The maximum atomic E-state index is 14.5. The summed E-state index contributed by atoms with van der Waals surface area (Å²) in [6, 6.07) is 30.4. The van der Waals surface area contributed by atoms with Crippen LogP contribution in [0.15, 0.2) is 114 Å². The van der Waals surface area contributed by atoms with Gasteiger partial charge in [-0.2, -0.15) is 0 Å². The molecule has 0 aliphatic heterocycles. The molecule has 7 nitrogen and oxygen atoms in total. The lowest BCUT2D eigenvalue weighted by atomic mass is 10.0. The molecule has 4 aromatic rings. The topological polar surface area (TPSA) is 86.8 Å². The van der Waals surface area contributed by atoms with Gasteiger partial charge in [-0.05, 0) is 61.7 Å². The summed E-state index contributed by atoms with van der Waals surface area (Å²) in [7, 11) is -4.21. The van der Waals surface area contributed by atoms with Crippen LogP contribution in [0.4, 0.5) is 5.69 Å². The van der Waals surface area contributed by atoms with E-state index in [4.69, 9.17) is 11.6 Å². The first kappa shape index (κ1) is 31.8. The molecule has 4 aromatic carbocycles. The highest BCUT2D eigenvalue weighted by Gasteiger charge is 2.35. The third kappa shape index (κ3) is 8.03. The molecular weight excluding hydrogens is 582 g/mol. The summed E-state index contributed by atoms with van der Waals surface area (Å²) < 4.78 is 29.1. The van der Waals surface area contributed by atoms with Crippen LogP contribution in [0.25, 0.3) is 0 Å². The van der Waals surface area contributed by atoms with E-state index in [1.165, 1.54) is 17.0 Å². The summed E-state index contributed by atoms with van der Waals surface area (Å²) in [5, 5.41) is 3.14. The number of carbonyl (C=O) groups excluding carboxylic acids is 2. The van der Waals surface area contributed by atoms with Crippen molar-refractivity contribution < 1.29 is 18.0 Å². The van der Waals surface area contributed by atoms with Crippen LogP contribution in [-0.4, -0.2) is 43.8 Å². The number of anilines is 1. The molecule has 0 aliphatic carbocycles. The Balaban J connectivity index is 1.82. The van der Waals surface area contributed by atoms with Gasteiger partial charge in [-0.15, -0.1) is 0 Å². The molecule has 0 bridgehead atoms. The number of sulfonamides is 1. The summed E-state index contributed by atoms with van der Waals surface area (Å²) in [5.74, 6) is -0.862. The van der Waals surface area contributed by atoms with Gasteiger partial charge in [0.2, 0.25) is 11.8 Å². The smallest absolute Gasteiger partial charge is 0.264 e. The van der Waals surface area contributed by atoms with Crippen LogP contribution in [0, 0.1) is 6.92 Å². The molecule has 0 aromatic heterocycles. The van der Waals surface area contributed by atoms with Crippen LogP contribution in [0.5, 0.6) is 0 Å². The van der Waals surface area contributed by atoms with Gasteiger partial charge in [0.05, 0.1) is 15.6 Å². The largest absolute Gasteiger partial charge is 0.352 e. The molecule has 0 heterocycles. The number of rotatable bonds is 12. The van der Waals surface area contributed by atoms with E-state index in [9.17, 15) is 18.0 Å². The van der Waals surface area contributed by atoms with Crippen LogP contribution in [-0.2, 0) is 32.6 Å². The third-order valence-corrected chi connectivity index (χ3v) is 9.13. The first-order chi connectivity index (χ1) is 20.6. The zero-order valence-electron chi connectivity index (χ0n) is 24.5. The molecular formula is C34H36ClN3O4S. The SMILES string of the molecule is Cc1ccccc1CN(C(=O)CN(c1ccccc1Cl)S(=O)(=O)c1ccccc1)C(Cc1ccccc1)C(=O)NC(C)C. The predicted octanol–water partition coefficient (Wildman–Crippen LogP) is 6.01. The number of para-hydroxylation sites is 1. The molecule has 2 amide bonds. The molecule has 0 fully saturated rings. The molecule has 1 atom stereocenters. The number of hydrogen-bond acceptors (Lipinski definition) is 4. The quantitative estimate of drug-likeness (QED) is 0.211. The van der Waals surface area contributed by atoms with E-state index in [2.05, 4.69) is 5.32 Å². The lowest BCUT2D eigenvalue weighted by molar-refractivity contribution is -0.140. The molecule has 4 rings (SSSR count). The highest BCUT2D eigenvalue weighted by Crippen LogP contribution is 2.31. The lowest BCUT2D eigenvalue weighted by Crippen LogP contribution is -2.54. The Bertz CT molecular complexity index is 1650. The summed E-state index contributed by atoms with van der Waals surface area (Å²) in [6.45, 7) is 5.20. The van der Waals surface area contributed by atoms with Crippen LogP contribution < -0.4 is 9.62 Å². The second-order valence-electron chi connectivity index (χ2n) is 10.6. The maximum absolute atomic E-state index is 14.5. The standard InChI is InChI=1S/C34H36ClN3O4S/c1-25(2)36-34(40)32(22-27-15-6-4-7-16-27)37(23-28-17-11-10-14-26(28)3)33(39)24-38(31-21-13-12-20-30(31)35)43(41,42)29-18-8-5-9-19-29/h4-21,25,32H,22-24H2,1-3H3,(H,36,40). The summed E-state index contributed by atoms with van der Waals surface area (Å²) in [5.41, 5.74) is 2.83. The normalized spacial score (nSPS) is 12.0. The van der Waals surface area contributed by atoms with Crippen molar-refractivity contribution >= 4 is 39.1 Å². The predicted molar refractivity (Wildman–Crippen MR) is 171 cm³/mol. The van der Waals surface area contributed by atoms with Gasteiger partial charge >= 0.3 is 0 Å². The van der Waals surface area contributed by atoms with E-state index in [-0.39, 0.29) is 40.5 Å². The van der Waals surface area contributed by atoms with Crippen molar-refractivity contribution in [1.82, 2.24) is 10.2 Å². The van der Waals surface area contributed by atoms with Crippen molar-refractivity contribution in [3.05, 3.63) is 131 Å². The third-order valence-electron chi connectivity index (χ3n) is 7.04. The first-order valence-electron chi connectivity index (χ1n) is 14.1. The zero-order valence-corrected chi connectivity index (χ0v) is 26.1. The monoisotopic (exact) mass is 617 g/mol. The van der Waals surface area contributed by atoms with Gasteiger partial charge in [-0.1, -0.05) is 96.5 Å². The van der Waals surface area contributed by atoms with E-state index in [1.807, 2.05) is 75.4 Å². The fourth-order valence-electron chi connectivity index (χ4n) is 4.79. The minimum absolute atomic E-state index is 0.0200. The van der Waals surface area contributed by atoms with Crippen LogP contribution >= 0.6 is 11.6 Å². The van der Waals surface area contributed by atoms with Crippen molar-refractivity contribution in [1.29, 1.82) is 0 Å². The van der Waals surface area contributed by atoms with E-state index >= 15 is 0 Å². The Morgan fingerprint density at radius 1 is 0.814 bits per heavy atom. The number of nitrogens with zero attached hydrogens (tertiary/aromatic N) is 2. The number of amides is 2. The molecule has 0 aliphatic rings. The Labute approximate surface area is 259 Å². The second kappa shape index (κ2) is 14.4. The molecule has 0 saturated heterocycles. The molecule has 1 N–H and O–H groups in total. The van der Waals surface area contributed by atoms with Gasteiger partial charge in [0, 0.05) is 19.0 Å². The molecule has 224 valence electrons. The fraction of sp³-hybridized carbons (Fsp3) is 0.235. The Hall–Kier alpha value is -4.14. The Morgan fingerprint density at radius 3 is 2.02 bits per heavy atom. The second-order valence-corrected chi connectivity index (χ2v) is 12.9. The molecule has 0 saturated carbocycles. The van der Waals surface area contributed by atoms with Gasteiger partial charge < -0.3 is 10.2 Å². The highest BCUT2D eigenvalue weighted by atomic mass is 35.5. The van der Waals surface area contributed by atoms with Gasteiger partial charge in [-0.25, -0.2) is 8.42 Å². The van der Waals surface area contributed by atoms with E-state index in [0.717, 1.165) is 21.0 Å². The average molecular weight is 618 g/mol. The number of benzene rings is 4. The lowest BCUT2D eigenvalue weighted by Gasteiger charge is -2.34. The van der Waals surface area contributed by atoms with Gasteiger partial charge in [0.1, 0.15) is 12.6 Å². The van der Waals surface area contributed by atoms with Crippen molar-refractivity contribution in [3.63, 3.8) is 0 Å². The van der Waals surface area contributed by atoms with E-state index < -0.39 is 28.5 Å². The highest BCUT2D eigenvalue weighted by molar-refractivity contribution is 7.92. The van der Waals surface area contributed by atoms with Crippen LogP contribution in [0.1, 0.15) is 30.5 Å². The number of carbonyl (C=O) groups is 2. The van der Waals surface area contributed by atoms with E-state index in [0.29, 0.717) is 0 Å². The number of halogens is 1. The van der Waals surface area contributed by atoms with Gasteiger partial charge in [0.25, 0.3) is 10.0 Å². The van der Waals surface area contributed by atoms with Crippen LogP contribution in [0.2, 0.25) is 5.02 Å². The van der Waals surface area contributed by atoms with Crippen molar-refractivity contribution in [2.45, 2.75) is 50.7 Å². The Kier molecular flexibility index (Phi) is 10.6. The number of nitrogens with one attached hydrogen (secondary N) is 1. The number of hydrogen-bond donors (Lipinski definition) is 1. The summed E-state index contributed by atoms with van der Waals surface area (Å²) in [4.78, 5) is 29.7. The molecule has 1 unspecified atom stereocenters. The molecule has 0 radical (unpaired) electrons. The average Bonchev–Trinajstić information content (AvgIpc) is 2.99. The maximum Gasteiger partial charge on any atom is 0.264 e. The van der Waals surface area contributed by atoms with Crippen molar-refractivity contribution in [2.24, 2.45) is 0 Å². The van der Waals surface area contributed by atoms with Gasteiger partial charge in [-0.3, -0.25) is 13.9 Å². The first-order valence-corrected chi connectivity index (χ1v) is 15.9. The molecule has 9 heteroatoms. The van der Waals surface area contributed by atoms with Crippen molar-refractivity contribution in [2.75, 3.05) is 10.8 Å². The minimum Gasteiger partial charge on any atom is -0.352 e.